The van der Waals surface area contributed by atoms with E-state index in [2.05, 4.69) is 20.9 Å². The Morgan fingerprint density at radius 3 is 2.18 bits per heavy atom. The number of aromatic amines is 1. The number of primary amides is 1. The number of amides is 4. The summed E-state index contributed by atoms with van der Waals surface area (Å²) < 4.78 is 0. The van der Waals surface area contributed by atoms with Gasteiger partial charge in [-0.25, -0.2) is 4.79 Å². The summed E-state index contributed by atoms with van der Waals surface area (Å²) in [7, 11) is 0. The van der Waals surface area contributed by atoms with Crippen LogP contribution in [0.4, 0.5) is 0 Å². The number of fused-ring (bicyclic) bond motifs is 1. The molecule has 2 rings (SSSR count). The zero-order valence-corrected chi connectivity index (χ0v) is 22.8. The molecule has 5 atom stereocenters. The van der Waals surface area contributed by atoms with Gasteiger partial charge in [-0.3, -0.25) is 19.2 Å². The second-order valence-corrected chi connectivity index (χ2v) is 10.2. The average molecular weight is 545 g/mol. The summed E-state index contributed by atoms with van der Waals surface area (Å²) >= 11 is 0. The summed E-state index contributed by atoms with van der Waals surface area (Å²) in [6.45, 7) is 6.90. The molecule has 5 unspecified atom stereocenters. The number of carboxylic acids is 1. The standard InChI is InChI=1S/C27H40N6O6/c1-5-15(4)23(27(38)39)33-26(37)22(14(2)3)32-25(36)20(10-11-21(29)34)31-24(35)18(28)12-16-13-30-19-9-7-6-8-17(16)19/h6-9,13-15,18,20,22-23,30H,5,10-12,28H2,1-4H3,(H2,29,34)(H,31,35)(H,32,36)(H,33,37)(H,38,39). The van der Waals surface area contributed by atoms with Crippen LogP contribution in [-0.4, -0.2) is 63.9 Å². The minimum absolute atomic E-state index is 0.107. The van der Waals surface area contributed by atoms with Crippen LogP contribution >= 0.6 is 0 Å². The second-order valence-electron chi connectivity index (χ2n) is 10.2. The molecule has 0 saturated heterocycles. The van der Waals surface area contributed by atoms with Crippen molar-refractivity contribution >= 4 is 40.5 Å². The summed E-state index contributed by atoms with van der Waals surface area (Å²) in [4.78, 5) is 65.4. The SMILES string of the molecule is CCC(C)C(NC(=O)C(NC(=O)C(CCC(N)=O)NC(=O)C(N)Cc1c[nH]c2ccccc12)C(C)C)C(=O)O. The van der Waals surface area contributed by atoms with E-state index in [4.69, 9.17) is 11.5 Å². The van der Waals surface area contributed by atoms with Gasteiger partial charge in [0, 0.05) is 23.5 Å². The maximum absolute atomic E-state index is 13.2. The highest BCUT2D eigenvalue weighted by atomic mass is 16.4. The lowest BCUT2D eigenvalue weighted by atomic mass is 9.97. The molecule has 2 aromatic rings. The number of hydrogen-bond donors (Lipinski definition) is 7. The fraction of sp³-hybridized carbons (Fsp3) is 0.519. The Morgan fingerprint density at radius 1 is 0.949 bits per heavy atom. The monoisotopic (exact) mass is 544 g/mol. The van der Waals surface area contributed by atoms with Crippen molar-refractivity contribution in [3.05, 3.63) is 36.0 Å². The number of nitrogens with one attached hydrogen (secondary N) is 4. The highest BCUT2D eigenvalue weighted by Gasteiger charge is 2.33. The molecule has 0 bridgehead atoms. The van der Waals surface area contributed by atoms with Crippen molar-refractivity contribution in [2.45, 2.75) is 77.5 Å². The molecule has 12 heteroatoms. The Morgan fingerprint density at radius 2 is 1.59 bits per heavy atom. The van der Waals surface area contributed by atoms with Gasteiger partial charge < -0.3 is 37.5 Å². The van der Waals surface area contributed by atoms with E-state index >= 15 is 0 Å². The lowest BCUT2D eigenvalue weighted by Gasteiger charge is -2.28. The summed E-state index contributed by atoms with van der Waals surface area (Å²) in [5.74, 6) is -4.58. The van der Waals surface area contributed by atoms with Crippen LogP contribution in [0.1, 0.15) is 52.5 Å². The quantitative estimate of drug-likeness (QED) is 0.169. The summed E-state index contributed by atoms with van der Waals surface area (Å²) in [5.41, 5.74) is 13.2. The maximum Gasteiger partial charge on any atom is 0.326 e. The largest absolute Gasteiger partial charge is 0.480 e. The van der Waals surface area contributed by atoms with Crippen LogP contribution < -0.4 is 27.4 Å². The van der Waals surface area contributed by atoms with Crippen molar-refractivity contribution in [2.75, 3.05) is 0 Å². The lowest BCUT2D eigenvalue weighted by molar-refractivity contribution is -0.144. The fourth-order valence-corrected chi connectivity index (χ4v) is 4.18. The smallest absolute Gasteiger partial charge is 0.326 e. The van der Waals surface area contributed by atoms with Gasteiger partial charge in [0.15, 0.2) is 0 Å². The number of para-hydroxylation sites is 1. The lowest BCUT2D eigenvalue weighted by Crippen LogP contribution is -2.59. The highest BCUT2D eigenvalue weighted by molar-refractivity contribution is 5.95. The molecular weight excluding hydrogens is 504 g/mol. The number of aromatic nitrogens is 1. The molecule has 0 fully saturated rings. The topological polar surface area (TPSA) is 209 Å². The van der Waals surface area contributed by atoms with Crippen molar-refractivity contribution in [1.29, 1.82) is 0 Å². The molecule has 0 aliphatic heterocycles. The van der Waals surface area contributed by atoms with E-state index < -0.39 is 59.7 Å². The number of carbonyl (C=O) groups excluding carboxylic acids is 4. The fourth-order valence-electron chi connectivity index (χ4n) is 4.18. The highest BCUT2D eigenvalue weighted by Crippen LogP contribution is 2.19. The van der Waals surface area contributed by atoms with Gasteiger partial charge in [-0.05, 0) is 36.3 Å². The molecule has 4 amide bonds. The third-order valence-electron chi connectivity index (χ3n) is 6.79. The van der Waals surface area contributed by atoms with Gasteiger partial charge in [0.05, 0.1) is 6.04 Å². The zero-order valence-electron chi connectivity index (χ0n) is 22.8. The third-order valence-corrected chi connectivity index (χ3v) is 6.79. The molecule has 0 spiro atoms. The molecule has 214 valence electrons. The summed E-state index contributed by atoms with van der Waals surface area (Å²) in [6.07, 6.45) is 2.19. The van der Waals surface area contributed by atoms with Gasteiger partial charge >= 0.3 is 5.97 Å². The normalized spacial score (nSPS) is 15.1. The van der Waals surface area contributed by atoms with Gasteiger partial charge in [-0.1, -0.05) is 52.3 Å². The van der Waals surface area contributed by atoms with Crippen LogP contribution in [0, 0.1) is 11.8 Å². The Balaban J connectivity index is 2.14. The molecule has 12 nitrogen and oxygen atoms in total. The summed E-state index contributed by atoms with van der Waals surface area (Å²) in [6, 6.07) is 3.15. The van der Waals surface area contributed by atoms with E-state index in [0.29, 0.717) is 6.42 Å². The number of H-pyrrole nitrogens is 1. The molecule has 0 aliphatic carbocycles. The number of benzene rings is 1. The van der Waals surface area contributed by atoms with Crippen LogP contribution in [0.5, 0.6) is 0 Å². The average Bonchev–Trinajstić information content (AvgIpc) is 3.29. The van der Waals surface area contributed by atoms with Crippen molar-refractivity contribution in [3.8, 4) is 0 Å². The number of hydrogen-bond acceptors (Lipinski definition) is 6. The van der Waals surface area contributed by atoms with Gasteiger partial charge in [-0.15, -0.1) is 0 Å². The Bertz CT molecular complexity index is 1180. The van der Waals surface area contributed by atoms with E-state index in [1.54, 1.807) is 27.0 Å². The molecule has 0 aliphatic rings. The minimum Gasteiger partial charge on any atom is -0.480 e. The van der Waals surface area contributed by atoms with E-state index in [9.17, 15) is 29.1 Å². The maximum atomic E-state index is 13.2. The van der Waals surface area contributed by atoms with Gasteiger partial charge in [0.2, 0.25) is 23.6 Å². The number of carbonyl (C=O) groups is 5. The first-order chi connectivity index (χ1) is 18.3. The molecule has 39 heavy (non-hydrogen) atoms. The second kappa shape index (κ2) is 14.3. The van der Waals surface area contributed by atoms with Crippen LogP contribution in [0.15, 0.2) is 30.5 Å². The number of rotatable bonds is 15. The predicted octanol–water partition coefficient (Wildman–Crippen LogP) is 0.544. The van der Waals surface area contributed by atoms with E-state index in [1.165, 1.54) is 0 Å². The number of aliphatic carboxylic acids is 1. The molecule has 0 saturated carbocycles. The number of carboxylic acid groups (broad SMARTS) is 1. The van der Waals surface area contributed by atoms with Crippen molar-refractivity contribution in [1.82, 2.24) is 20.9 Å². The van der Waals surface area contributed by atoms with Crippen LogP contribution in [-0.2, 0) is 30.4 Å². The van der Waals surface area contributed by atoms with Gasteiger partial charge in [0.1, 0.15) is 18.1 Å². The molecule has 9 N–H and O–H groups in total. The van der Waals surface area contributed by atoms with Crippen molar-refractivity contribution in [2.24, 2.45) is 23.3 Å². The Kier molecular flexibility index (Phi) is 11.5. The Hall–Kier alpha value is -3.93. The molecule has 1 aromatic carbocycles. The first kappa shape index (κ1) is 31.3. The van der Waals surface area contributed by atoms with E-state index in [0.717, 1.165) is 16.5 Å². The molecule has 1 heterocycles. The van der Waals surface area contributed by atoms with Gasteiger partial charge in [-0.2, -0.15) is 0 Å². The van der Waals surface area contributed by atoms with Crippen LogP contribution in [0.25, 0.3) is 10.9 Å². The van der Waals surface area contributed by atoms with E-state index in [1.807, 2.05) is 31.2 Å². The molecular formula is C27H40N6O6. The molecule has 1 aromatic heterocycles. The van der Waals surface area contributed by atoms with Gasteiger partial charge in [0.25, 0.3) is 0 Å². The van der Waals surface area contributed by atoms with Crippen LogP contribution in [0.2, 0.25) is 0 Å². The first-order valence-corrected chi connectivity index (χ1v) is 13.1. The zero-order chi connectivity index (χ0) is 29.3. The van der Waals surface area contributed by atoms with Crippen molar-refractivity contribution < 1.29 is 29.1 Å². The molecule has 0 radical (unpaired) electrons. The Labute approximate surface area is 227 Å². The first-order valence-electron chi connectivity index (χ1n) is 13.1. The third kappa shape index (κ3) is 8.81. The number of nitrogens with two attached hydrogens (primary N) is 2. The predicted molar refractivity (Wildman–Crippen MR) is 146 cm³/mol. The van der Waals surface area contributed by atoms with E-state index in [-0.39, 0.29) is 25.2 Å². The van der Waals surface area contributed by atoms with Crippen LogP contribution in [0.3, 0.4) is 0 Å². The minimum atomic E-state index is -1.20. The summed E-state index contributed by atoms with van der Waals surface area (Å²) in [5, 5.41) is 18.1. The van der Waals surface area contributed by atoms with Crippen molar-refractivity contribution in [3.63, 3.8) is 0 Å².